The third-order valence-corrected chi connectivity index (χ3v) is 3.19. The number of nitriles is 2. The molecule has 0 saturated carbocycles. The predicted molar refractivity (Wildman–Crippen MR) is 66.8 cm³/mol. The Morgan fingerprint density at radius 1 is 1.44 bits per heavy atom. The molecule has 0 fully saturated rings. The zero-order valence-electron chi connectivity index (χ0n) is 8.38. The molecule has 0 aliphatic carbocycles. The molecule has 0 bridgehead atoms. The van der Waals surface area contributed by atoms with Crippen molar-refractivity contribution >= 4 is 33.2 Å². The van der Waals surface area contributed by atoms with E-state index in [1.807, 2.05) is 13.0 Å². The van der Waals surface area contributed by atoms with Gasteiger partial charge >= 0.3 is 0 Å². The first kappa shape index (κ1) is 12.6. The van der Waals surface area contributed by atoms with E-state index in [0.717, 1.165) is 15.7 Å². The van der Waals surface area contributed by atoms with Gasteiger partial charge in [-0.15, -0.1) is 0 Å². The first-order chi connectivity index (χ1) is 7.58. The van der Waals surface area contributed by atoms with Gasteiger partial charge in [0.15, 0.2) is 0 Å². The van der Waals surface area contributed by atoms with E-state index in [1.165, 1.54) is 6.20 Å². The van der Waals surface area contributed by atoms with Gasteiger partial charge in [0.05, 0.1) is 5.02 Å². The molecule has 3 nitrogen and oxygen atoms in total. The Bertz CT molecular complexity index is 484. The van der Waals surface area contributed by atoms with Crippen LogP contribution in [0.15, 0.2) is 28.4 Å². The number of halogens is 2. The van der Waals surface area contributed by atoms with Crippen molar-refractivity contribution in [2.24, 2.45) is 0 Å². The molecule has 0 heterocycles. The maximum atomic E-state index is 8.55. The fourth-order valence-corrected chi connectivity index (χ4v) is 1.72. The number of rotatable bonds is 2. The molecule has 0 spiro atoms. The highest BCUT2D eigenvalue weighted by molar-refractivity contribution is 9.10. The molecule has 0 saturated heterocycles. The Morgan fingerprint density at radius 3 is 2.56 bits per heavy atom. The van der Waals surface area contributed by atoms with Gasteiger partial charge < -0.3 is 5.32 Å². The molecule has 1 aromatic rings. The van der Waals surface area contributed by atoms with E-state index in [-0.39, 0.29) is 5.57 Å². The van der Waals surface area contributed by atoms with Crippen molar-refractivity contribution in [3.8, 4) is 12.1 Å². The minimum absolute atomic E-state index is 0.0173. The molecule has 1 N–H and O–H groups in total. The van der Waals surface area contributed by atoms with Crippen LogP contribution in [0.5, 0.6) is 0 Å². The fourth-order valence-electron chi connectivity index (χ4n) is 1.05. The van der Waals surface area contributed by atoms with Gasteiger partial charge in [-0.1, -0.05) is 11.6 Å². The van der Waals surface area contributed by atoms with Crippen LogP contribution in [0.1, 0.15) is 5.56 Å². The highest BCUT2D eigenvalue weighted by atomic mass is 79.9. The van der Waals surface area contributed by atoms with E-state index in [9.17, 15) is 0 Å². The standard InChI is InChI=1S/C11H7BrClN3/c1-7-2-9(3-10(12)11(7)13)16-6-8(4-14)5-15/h2-3,6,16H,1H3. The Balaban J connectivity index is 2.98. The quantitative estimate of drug-likeness (QED) is 0.845. The zero-order valence-corrected chi connectivity index (χ0v) is 10.7. The number of hydrogen-bond donors (Lipinski definition) is 1. The van der Waals surface area contributed by atoms with E-state index >= 15 is 0 Å². The van der Waals surface area contributed by atoms with Gasteiger partial charge in [-0.3, -0.25) is 0 Å². The lowest BCUT2D eigenvalue weighted by Crippen LogP contribution is -1.91. The van der Waals surface area contributed by atoms with Crippen LogP contribution in [0.2, 0.25) is 5.02 Å². The van der Waals surface area contributed by atoms with Gasteiger partial charge in [0, 0.05) is 16.4 Å². The van der Waals surface area contributed by atoms with Crippen LogP contribution in [-0.4, -0.2) is 0 Å². The maximum Gasteiger partial charge on any atom is 0.145 e. The van der Waals surface area contributed by atoms with Crippen molar-refractivity contribution in [2.45, 2.75) is 6.92 Å². The minimum Gasteiger partial charge on any atom is -0.360 e. The Morgan fingerprint density at radius 2 is 2.06 bits per heavy atom. The fraction of sp³-hybridized carbons (Fsp3) is 0.0909. The SMILES string of the molecule is Cc1cc(NC=C(C#N)C#N)cc(Br)c1Cl. The number of anilines is 1. The van der Waals surface area contributed by atoms with Crippen molar-refractivity contribution < 1.29 is 0 Å². The van der Waals surface area contributed by atoms with Crippen molar-refractivity contribution in [1.82, 2.24) is 0 Å². The Labute approximate surface area is 107 Å². The van der Waals surface area contributed by atoms with Gasteiger partial charge in [0.1, 0.15) is 17.7 Å². The van der Waals surface area contributed by atoms with Crippen molar-refractivity contribution in [1.29, 1.82) is 10.5 Å². The largest absolute Gasteiger partial charge is 0.360 e. The van der Waals surface area contributed by atoms with E-state index in [0.29, 0.717) is 5.02 Å². The number of hydrogen-bond acceptors (Lipinski definition) is 3. The maximum absolute atomic E-state index is 8.55. The summed E-state index contributed by atoms with van der Waals surface area (Å²) in [6.45, 7) is 1.87. The number of benzene rings is 1. The van der Waals surface area contributed by atoms with Crippen LogP contribution in [-0.2, 0) is 0 Å². The molecule has 1 aromatic carbocycles. The number of aryl methyl sites for hydroxylation is 1. The summed E-state index contributed by atoms with van der Waals surface area (Å²) in [6.07, 6.45) is 1.36. The third kappa shape index (κ3) is 3.00. The zero-order chi connectivity index (χ0) is 12.1. The first-order valence-electron chi connectivity index (χ1n) is 4.31. The summed E-state index contributed by atoms with van der Waals surface area (Å²) >= 11 is 9.29. The summed E-state index contributed by atoms with van der Waals surface area (Å²) in [5, 5.41) is 20.6. The van der Waals surface area contributed by atoms with Crippen molar-refractivity contribution in [3.63, 3.8) is 0 Å². The molecule has 0 aliphatic rings. The van der Waals surface area contributed by atoms with E-state index in [1.54, 1.807) is 18.2 Å². The minimum atomic E-state index is 0.0173. The van der Waals surface area contributed by atoms with Crippen LogP contribution in [0, 0.1) is 29.6 Å². The molecule has 5 heteroatoms. The van der Waals surface area contributed by atoms with Crippen LogP contribution in [0.4, 0.5) is 5.69 Å². The predicted octanol–water partition coefficient (Wildman–Crippen LogP) is 3.75. The molecule has 0 aliphatic heterocycles. The third-order valence-electron chi connectivity index (χ3n) is 1.83. The lowest BCUT2D eigenvalue weighted by atomic mass is 10.2. The van der Waals surface area contributed by atoms with Gasteiger partial charge in [0.2, 0.25) is 0 Å². The van der Waals surface area contributed by atoms with Gasteiger partial charge in [-0.2, -0.15) is 10.5 Å². The number of nitrogens with zero attached hydrogens (tertiary/aromatic N) is 2. The molecule has 0 unspecified atom stereocenters. The molecular weight excluding hydrogens is 289 g/mol. The second-order valence-corrected chi connectivity index (χ2v) is 4.25. The van der Waals surface area contributed by atoms with Gasteiger partial charge in [-0.05, 0) is 40.5 Å². The number of nitrogens with one attached hydrogen (secondary N) is 1. The lowest BCUT2D eigenvalue weighted by molar-refractivity contribution is 1.41. The van der Waals surface area contributed by atoms with E-state index in [2.05, 4.69) is 21.2 Å². The van der Waals surface area contributed by atoms with Crippen molar-refractivity contribution in [3.05, 3.63) is 39.0 Å². The molecular formula is C11H7BrClN3. The Hall–Kier alpha value is -1.49. The topological polar surface area (TPSA) is 59.6 Å². The van der Waals surface area contributed by atoms with E-state index < -0.39 is 0 Å². The average Bonchev–Trinajstić information content (AvgIpc) is 2.27. The highest BCUT2D eigenvalue weighted by Crippen LogP contribution is 2.29. The Kier molecular flexibility index (Phi) is 4.37. The summed E-state index contributed by atoms with van der Waals surface area (Å²) in [5.74, 6) is 0. The summed E-state index contributed by atoms with van der Waals surface area (Å²) in [6, 6.07) is 7.13. The van der Waals surface area contributed by atoms with Gasteiger partial charge in [0.25, 0.3) is 0 Å². The summed E-state index contributed by atoms with van der Waals surface area (Å²) in [4.78, 5) is 0. The highest BCUT2D eigenvalue weighted by Gasteiger charge is 2.03. The van der Waals surface area contributed by atoms with Gasteiger partial charge in [-0.25, -0.2) is 0 Å². The number of allylic oxidation sites excluding steroid dienone is 1. The van der Waals surface area contributed by atoms with Crippen LogP contribution >= 0.6 is 27.5 Å². The molecule has 1 rings (SSSR count). The van der Waals surface area contributed by atoms with Crippen LogP contribution < -0.4 is 5.32 Å². The first-order valence-corrected chi connectivity index (χ1v) is 5.48. The van der Waals surface area contributed by atoms with Crippen molar-refractivity contribution in [2.75, 3.05) is 5.32 Å². The monoisotopic (exact) mass is 295 g/mol. The second kappa shape index (κ2) is 5.55. The van der Waals surface area contributed by atoms with Crippen LogP contribution in [0.3, 0.4) is 0 Å². The molecule has 0 radical (unpaired) electrons. The molecule has 0 aromatic heterocycles. The average molecular weight is 297 g/mol. The molecule has 0 atom stereocenters. The second-order valence-electron chi connectivity index (χ2n) is 3.01. The molecule has 0 amide bonds. The molecule has 16 heavy (non-hydrogen) atoms. The smallest absolute Gasteiger partial charge is 0.145 e. The summed E-state index contributed by atoms with van der Waals surface area (Å²) in [7, 11) is 0. The van der Waals surface area contributed by atoms with Crippen LogP contribution in [0.25, 0.3) is 0 Å². The summed E-state index contributed by atoms with van der Waals surface area (Å²) < 4.78 is 0.764. The lowest BCUT2D eigenvalue weighted by Gasteiger charge is -2.06. The summed E-state index contributed by atoms with van der Waals surface area (Å²) in [5.41, 5.74) is 1.68. The molecule has 80 valence electrons. The van der Waals surface area contributed by atoms with E-state index in [4.69, 9.17) is 22.1 Å². The normalized spacial score (nSPS) is 8.81.